The van der Waals surface area contributed by atoms with Gasteiger partial charge in [0.05, 0.1) is 22.0 Å². The van der Waals surface area contributed by atoms with Gasteiger partial charge < -0.3 is 9.47 Å². The molecule has 0 spiro atoms. The molecule has 0 bridgehead atoms. The Kier molecular flexibility index (Phi) is 7.62. The van der Waals surface area contributed by atoms with Crippen LogP contribution in [0.4, 0.5) is 0 Å². The summed E-state index contributed by atoms with van der Waals surface area (Å²) in [5.74, 6) is 0.605. The van der Waals surface area contributed by atoms with Gasteiger partial charge in [0.1, 0.15) is 16.7 Å². The Balaban J connectivity index is 1.43. The number of nitrogens with zero attached hydrogens (tertiary/aromatic N) is 1. The van der Waals surface area contributed by atoms with Crippen molar-refractivity contribution in [1.82, 2.24) is 4.90 Å². The molecular formula is C22H18BrCl2NO3S2. The number of halogens is 3. The predicted molar refractivity (Wildman–Crippen MR) is 134 cm³/mol. The van der Waals surface area contributed by atoms with Crippen molar-refractivity contribution in [3.05, 3.63) is 66.9 Å². The summed E-state index contributed by atoms with van der Waals surface area (Å²) >= 11 is 22.4. The van der Waals surface area contributed by atoms with E-state index in [4.69, 9.17) is 44.9 Å². The van der Waals surface area contributed by atoms with Crippen LogP contribution in [0.2, 0.25) is 10.0 Å². The summed E-state index contributed by atoms with van der Waals surface area (Å²) in [5.41, 5.74) is 1.72. The maximum Gasteiger partial charge on any atom is 0.266 e. The predicted octanol–water partition coefficient (Wildman–Crippen LogP) is 6.72. The minimum absolute atomic E-state index is 0.0701. The standard InChI is InChI=1S/C22H18BrCl2NO3S2/c23-17-8-13(3-6-19(17)29-12-14-4-5-15(24)10-18(14)25)9-20-21(27)26(22(30)31-20)11-16-2-1-7-28-16/h3-6,8-10,16H,1-2,7,11-12H2/b20-9-/t16-/m1/s1. The van der Waals surface area contributed by atoms with Crippen molar-refractivity contribution in [1.29, 1.82) is 0 Å². The molecule has 31 heavy (non-hydrogen) atoms. The lowest BCUT2D eigenvalue weighted by Crippen LogP contribution is -2.35. The van der Waals surface area contributed by atoms with E-state index in [9.17, 15) is 4.79 Å². The van der Waals surface area contributed by atoms with E-state index < -0.39 is 0 Å². The van der Waals surface area contributed by atoms with Gasteiger partial charge in [0.2, 0.25) is 0 Å². The van der Waals surface area contributed by atoms with Gasteiger partial charge in [-0.15, -0.1) is 0 Å². The first-order valence-corrected chi connectivity index (χ1v) is 12.4. The average molecular weight is 559 g/mol. The van der Waals surface area contributed by atoms with Crippen LogP contribution >= 0.6 is 63.1 Å². The number of thioether (sulfide) groups is 1. The Labute approximate surface area is 209 Å². The molecule has 0 aromatic heterocycles. The van der Waals surface area contributed by atoms with E-state index in [1.165, 1.54) is 11.8 Å². The fourth-order valence-electron chi connectivity index (χ4n) is 3.32. The molecule has 1 amide bonds. The highest BCUT2D eigenvalue weighted by atomic mass is 79.9. The zero-order valence-corrected chi connectivity index (χ0v) is 21.0. The zero-order valence-electron chi connectivity index (χ0n) is 16.3. The second kappa shape index (κ2) is 10.2. The first kappa shape index (κ1) is 23.1. The summed E-state index contributed by atoms with van der Waals surface area (Å²) in [6, 6.07) is 11.0. The minimum atomic E-state index is -0.0701. The number of carbonyl (C=O) groups is 1. The van der Waals surface area contributed by atoms with Crippen LogP contribution in [0.1, 0.15) is 24.0 Å². The fourth-order valence-corrected chi connectivity index (χ4v) is 5.57. The summed E-state index contributed by atoms with van der Waals surface area (Å²) in [6.45, 7) is 1.59. The number of rotatable bonds is 6. The molecular weight excluding hydrogens is 541 g/mol. The highest BCUT2D eigenvalue weighted by Gasteiger charge is 2.34. The molecule has 9 heteroatoms. The van der Waals surface area contributed by atoms with Crippen molar-refractivity contribution < 1.29 is 14.3 Å². The molecule has 0 N–H and O–H groups in total. The maximum absolute atomic E-state index is 12.8. The third-order valence-corrected chi connectivity index (χ3v) is 7.52. The van der Waals surface area contributed by atoms with Gasteiger partial charge in [0.25, 0.3) is 5.91 Å². The van der Waals surface area contributed by atoms with Crippen LogP contribution in [0.5, 0.6) is 5.75 Å². The van der Waals surface area contributed by atoms with Crippen LogP contribution in [0, 0.1) is 0 Å². The lowest BCUT2D eigenvalue weighted by atomic mass is 10.2. The first-order chi connectivity index (χ1) is 14.9. The third kappa shape index (κ3) is 5.64. The molecule has 0 radical (unpaired) electrons. The molecule has 2 fully saturated rings. The van der Waals surface area contributed by atoms with Gasteiger partial charge in [-0.05, 0) is 64.7 Å². The number of thiocarbonyl (C=S) groups is 1. The maximum atomic E-state index is 12.8. The van der Waals surface area contributed by atoms with Crippen LogP contribution in [-0.2, 0) is 16.1 Å². The molecule has 1 atom stereocenters. The SMILES string of the molecule is O=C1/C(=C/c2ccc(OCc3ccc(Cl)cc3Cl)c(Br)c2)SC(=S)N1C[C@H]1CCCO1. The molecule has 0 aliphatic carbocycles. The Bertz CT molecular complexity index is 1060. The molecule has 0 saturated carbocycles. The molecule has 2 aliphatic rings. The monoisotopic (exact) mass is 557 g/mol. The summed E-state index contributed by atoms with van der Waals surface area (Å²) in [7, 11) is 0. The first-order valence-electron chi connectivity index (χ1n) is 9.64. The Morgan fingerprint density at radius 2 is 2.13 bits per heavy atom. The van der Waals surface area contributed by atoms with Crippen LogP contribution in [0.25, 0.3) is 6.08 Å². The van der Waals surface area contributed by atoms with Crippen LogP contribution in [0.3, 0.4) is 0 Å². The normalized spacial score (nSPS) is 20.2. The van der Waals surface area contributed by atoms with Crippen molar-refractivity contribution in [2.24, 2.45) is 0 Å². The van der Waals surface area contributed by atoms with Crippen LogP contribution in [0.15, 0.2) is 45.8 Å². The molecule has 2 aromatic carbocycles. The van der Waals surface area contributed by atoms with E-state index in [0.29, 0.717) is 38.2 Å². The average Bonchev–Trinajstić information content (AvgIpc) is 3.33. The smallest absolute Gasteiger partial charge is 0.266 e. The lowest BCUT2D eigenvalue weighted by molar-refractivity contribution is -0.123. The number of amides is 1. The van der Waals surface area contributed by atoms with Crippen molar-refractivity contribution in [3.63, 3.8) is 0 Å². The highest BCUT2D eigenvalue weighted by Crippen LogP contribution is 2.35. The largest absolute Gasteiger partial charge is 0.488 e. The third-order valence-electron chi connectivity index (χ3n) is 4.94. The number of hydrogen-bond donors (Lipinski definition) is 0. The number of carbonyl (C=O) groups excluding carboxylic acids is 1. The van der Waals surface area contributed by atoms with E-state index in [1.54, 1.807) is 17.0 Å². The van der Waals surface area contributed by atoms with Crippen molar-refractivity contribution in [2.75, 3.05) is 13.2 Å². The topological polar surface area (TPSA) is 38.8 Å². The number of ether oxygens (including phenoxy) is 2. The second-order valence-electron chi connectivity index (χ2n) is 7.14. The molecule has 2 aliphatic heterocycles. The minimum Gasteiger partial charge on any atom is -0.488 e. The van der Waals surface area contributed by atoms with E-state index >= 15 is 0 Å². The molecule has 2 aromatic rings. The molecule has 2 heterocycles. The summed E-state index contributed by atoms with van der Waals surface area (Å²) in [5, 5.41) is 1.14. The van der Waals surface area contributed by atoms with Crippen LogP contribution < -0.4 is 4.74 Å². The molecule has 2 saturated heterocycles. The van der Waals surface area contributed by atoms with Gasteiger partial charge in [-0.1, -0.05) is 59.3 Å². The molecule has 4 rings (SSSR count). The van der Waals surface area contributed by atoms with E-state index in [0.717, 1.165) is 35.0 Å². The van der Waals surface area contributed by atoms with Gasteiger partial charge in [-0.3, -0.25) is 9.69 Å². The van der Waals surface area contributed by atoms with Gasteiger partial charge in [-0.25, -0.2) is 0 Å². The van der Waals surface area contributed by atoms with Gasteiger partial charge in [0, 0.05) is 22.2 Å². The van der Waals surface area contributed by atoms with Gasteiger partial charge in [-0.2, -0.15) is 0 Å². The quantitative estimate of drug-likeness (QED) is 0.291. The van der Waals surface area contributed by atoms with E-state index in [2.05, 4.69) is 15.9 Å². The number of hydrogen-bond acceptors (Lipinski definition) is 5. The summed E-state index contributed by atoms with van der Waals surface area (Å²) in [4.78, 5) is 15.1. The zero-order chi connectivity index (χ0) is 22.0. The van der Waals surface area contributed by atoms with Crippen molar-refractivity contribution in [2.45, 2.75) is 25.6 Å². The van der Waals surface area contributed by atoms with Gasteiger partial charge >= 0.3 is 0 Å². The Hall–Kier alpha value is -1.09. The van der Waals surface area contributed by atoms with Gasteiger partial charge in [0.15, 0.2) is 0 Å². The molecule has 4 nitrogen and oxygen atoms in total. The summed E-state index contributed by atoms with van der Waals surface area (Å²) in [6.07, 6.45) is 3.91. The highest BCUT2D eigenvalue weighted by molar-refractivity contribution is 9.10. The summed E-state index contributed by atoms with van der Waals surface area (Å²) < 4.78 is 12.9. The van der Waals surface area contributed by atoms with E-state index in [1.807, 2.05) is 30.3 Å². The number of benzene rings is 2. The Morgan fingerprint density at radius 1 is 1.29 bits per heavy atom. The second-order valence-corrected chi connectivity index (χ2v) is 10.5. The van der Waals surface area contributed by atoms with Crippen LogP contribution in [-0.4, -0.2) is 34.4 Å². The molecule has 0 unspecified atom stereocenters. The van der Waals surface area contributed by atoms with Crippen molar-refractivity contribution >= 4 is 79.4 Å². The van der Waals surface area contributed by atoms with E-state index in [-0.39, 0.29) is 12.0 Å². The van der Waals surface area contributed by atoms with Crippen molar-refractivity contribution in [3.8, 4) is 5.75 Å². The lowest BCUT2D eigenvalue weighted by Gasteiger charge is -2.18. The fraction of sp³-hybridized carbons (Fsp3) is 0.273. The molecule has 162 valence electrons. The Morgan fingerprint density at radius 3 is 2.84 bits per heavy atom.